The second kappa shape index (κ2) is 6.97. The van der Waals surface area contributed by atoms with E-state index in [1.54, 1.807) is 4.90 Å². The smallest absolute Gasteiger partial charge is 0.342 e. The SMILES string of the molecule is CC(C)n1c(N2CC3CN(C(=O)CCC(F)(F)F)CC3C2)nc2ccccc21. The monoisotopic (exact) mass is 394 g/mol. The molecule has 28 heavy (non-hydrogen) atoms. The van der Waals surface area contributed by atoms with Gasteiger partial charge in [-0.2, -0.15) is 13.2 Å². The molecular formula is C20H25F3N4O. The third kappa shape index (κ3) is 3.56. The number of imidazole rings is 1. The maximum atomic E-state index is 12.4. The number of fused-ring (bicyclic) bond motifs is 2. The van der Waals surface area contributed by atoms with E-state index < -0.39 is 19.0 Å². The fraction of sp³-hybridized carbons (Fsp3) is 0.600. The van der Waals surface area contributed by atoms with E-state index in [1.165, 1.54) is 0 Å². The lowest BCUT2D eigenvalue weighted by atomic mass is 10.0. The molecule has 0 bridgehead atoms. The lowest BCUT2D eigenvalue weighted by molar-refractivity contribution is -0.148. The molecule has 0 radical (unpaired) electrons. The molecule has 0 saturated carbocycles. The van der Waals surface area contributed by atoms with Gasteiger partial charge in [-0.3, -0.25) is 4.79 Å². The number of carbonyl (C=O) groups is 1. The second-order valence-corrected chi connectivity index (χ2v) is 8.20. The predicted molar refractivity (Wildman–Crippen MR) is 101 cm³/mol. The molecule has 0 spiro atoms. The molecule has 8 heteroatoms. The molecule has 0 N–H and O–H groups in total. The number of hydrogen-bond acceptors (Lipinski definition) is 3. The van der Waals surface area contributed by atoms with E-state index in [0.717, 1.165) is 30.1 Å². The molecule has 1 aromatic heterocycles. The quantitative estimate of drug-likeness (QED) is 0.791. The van der Waals surface area contributed by atoms with Gasteiger partial charge in [-0.1, -0.05) is 12.1 Å². The molecule has 2 aliphatic rings. The third-order valence-corrected chi connectivity index (χ3v) is 5.84. The highest BCUT2D eigenvalue weighted by Crippen LogP contribution is 2.36. The number of likely N-dealkylation sites (tertiary alicyclic amines) is 1. The van der Waals surface area contributed by atoms with Gasteiger partial charge in [-0.05, 0) is 26.0 Å². The Balaban J connectivity index is 1.45. The number of benzene rings is 1. The number of hydrogen-bond donors (Lipinski definition) is 0. The molecule has 2 atom stereocenters. The molecule has 4 rings (SSSR count). The Hall–Kier alpha value is -2.25. The average Bonchev–Trinajstić information content (AvgIpc) is 3.28. The van der Waals surface area contributed by atoms with Gasteiger partial charge in [0.05, 0.1) is 17.5 Å². The highest BCUT2D eigenvalue weighted by Gasteiger charge is 2.43. The summed E-state index contributed by atoms with van der Waals surface area (Å²) in [5.41, 5.74) is 2.07. The van der Waals surface area contributed by atoms with E-state index in [4.69, 9.17) is 4.98 Å². The minimum absolute atomic E-state index is 0.267. The van der Waals surface area contributed by atoms with Gasteiger partial charge in [0.1, 0.15) is 0 Å². The molecule has 3 heterocycles. The van der Waals surface area contributed by atoms with Gasteiger partial charge in [0.15, 0.2) is 0 Å². The maximum Gasteiger partial charge on any atom is 0.389 e. The van der Waals surface area contributed by atoms with Crippen molar-refractivity contribution in [2.75, 3.05) is 31.1 Å². The largest absolute Gasteiger partial charge is 0.389 e. The Morgan fingerprint density at radius 2 is 1.79 bits per heavy atom. The van der Waals surface area contributed by atoms with Crippen molar-refractivity contribution in [3.8, 4) is 0 Å². The fourth-order valence-electron chi connectivity index (χ4n) is 4.53. The molecular weight excluding hydrogens is 369 g/mol. The molecule has 2 aromatic rings. The molecule has 2 unspecified atom stereocenters. The number of halogens is 3. The number of para-hydroxylation sites is 2. The molecule has 2 aliphatic heterocycles. The van der Waals surface area contributed by atoms with Crippen LogP contribution in [0.5, 0.6) is 0 Å². The zero-order valence-corrected chi connectivity index (χ0v) is 16.1. The minimum Gasteiger partial charge on any atom is -0.342 e. The van der Waals surface area contributed by atoms with Crippen LogP contribution in [0.4, 0.5) is 19.1 Å². The number of carbonyl (C=O) groups excluding carboxylic acids is 1. The van der Waals surface area contributed by atoms with Crippen LogP contribution in [0.15, 0.2) is 24.3 Å². The number of rotatable bonds is 4. The van der Waals surface area contributed by atoms with Crippen LogP contribution in [0, 0.1) is 11.8 Å². The lowest BCUT2D eigenvalue weighted by Gasteiger charge is -2.24. The zero-order valence-electron chi connectivity index (χ0n) is 16.1. The van der Waals surface area contributed by atoms with Gasteiger partial charge in [0.2, 0.25) is 11.9 Å². The van der Waals surface area contributed by atoms with E-state index in [0.29, 0.717) is 13.1 Å². The van der Waals surface area contributed by atoms with Crippen molar-refractivity contribution in [1.29, 1.82) is 0 Å². The van der Waals surface area contributed by atoms with Gasteiger partial charge < -0.3 is 14.4 Å². The van der Waals surface area contributed by atoms with Gasteiger partial charge in [0, 0.05) is 50.5 Å². The molecule has 152 valence electrons. The van der Waals surface area contributed by atoms with Crippen molar-refractivity contribution in [2.24, 2.45) is 11.8 Å². The summed E-state index contributed by atoms with van der Waals surface area (Å²) >= 11 is 0. The number of nitrogens with zero attached hydrogens (tertiary/aromatic N) is 4. The summed E-state index contributed by atoms with van der Waals surface area (Å²) in [5, 5.41) is 0. The third-order valence-electron chi connectivity index (χ3n) is 5.84. The van der Waals surface area contributed by atoms with Crippen LogP contribution in [0.1, 0.15) is 32.7 Å². The van der Waals surface area contributed by atoms with Crippen LogP contribution in [0.3, 0.4) is 0 Å². The van der Waals surface area contributed by atoms with E-state index >= 15 is 0 Å². The van der Waals surface area contributed by atoms with Crippen molar-refractivity contribution >= 4 is 22.9 Å². The summed E-state index contributed by atoms with van der Waals surface area (Å²) in [6.07, 6.45) is -5.77. The standard InChI is InChI=1S/C20H25F3N4O/c1-13(2)27-17-6-4-3-5-16(17)24-19(27)26-11-14-9-25(10-15(14)12-26)18(28)7-8-20(21,22)23/h3-6,13-15H,7-12H2,1-2H3. The Bertz CT molecular complexity index is 862. The van der Waals surface area contributed by atoms with Crippen LogP contribution >= 0.6 is 0 Å². The number of alkyl halides is 3. The maximum absolute atomic E-state index is 12.4. The molecule has 5 nitrogen and oxygen atoms in total. The van der Waals surface area contributed by atoms with Crippen molar-refractivity contribution in [3.05, 3.63) is 24.3 Å². The number of amides is 1. The molecule has 2 saturated heterocycles. The van der Waals surface area contributed by atoms with Gasteiger partial charge in [0.25, 0.3) is 0 Å². The van der Waals surface area contributed by atoms with Crippen molar-refractivity contribution in [2.45, 2.75) is 38.9 Å². The summed E-state index contributed by atoms with van der Waals surface area (Å²) < 4.78 is 39.4. The molecule has 0 aliphatic carbocycles. The van der Waals surface area contributed by atoms with E-state index in [2.05, 4.69) is 29.4 Å². The molecule has 1 aromatic carbocycles. The first-order valence-electron chi connectivity index (χ1n) is 9.79. The van der Waals surface area contributed by atoms with Crippen LogP contribution in [-0.2, 0) is 4.79 Å². The van der Waals surface area contributed by atoms with Crippen LogP contribution < -0.4 is 4.90 Å². The summed E-state index contributed by atoms with van der Waals surface area (Å²) in [4.78, 5) is 20.9. The highest BCUT2D eigenvalue weighted by atomic mass is 19.4. The summed E-state index contributed by atoms with van der Waals surface area (Å²) in [7, 11) is 0. The van der Waals surface area contributed by atoms with Gasteiger partial charge in [-0.15, -0.1) is 0 Å². The van der Waals surface area contributed by atoms with Crippen LogP contribution in [0.2, 0.25) is 0 Å². The fourth-order valence-corrected chi connectivity index (χ4v) is 4.53. The Kier molecular flexibility index (Phi) is 4.75. The predicted octanol–water partition coefficient (Wildman–Crippen LogP) is 3.85. The number of anilines is 1. The normalized spacial score (nSPS) is 22.5. The van der Waals surface area contributed by atoms with Gasteiger partial charge >= 0.3 is 6.18 Å². The second-order valence-electron chi connectivity index (χ2n) is 8.20. The highest BCUT2D eigenvalue weighted by molar-refractivity contribution is 5.79. The average molecular weight is 394 g/mol. The lowest BCUT2D eigenvalue weighted by Crippen LogP contribution is -2.34. The Labute approximate surface area is 162 Å². The Morgan fingerprint density at radius 1 is 1.14 bits per heavy atom. The topological polar surface area (TPSA) is 41.4 Å². The first-order valence-corrected chi connectivity index (χ1v) is 9.79. The zero-order chi connectivity index (χ0) is 20.1. The van der Waals surface area contributed by atoms with Crippen molar-refractivity contribution < 1.29 is 18.0 Å². The number of aromatic nitrogens is 2. The van der Waals surface area contributed by atoms with Crippen LogP contribution in [0.25, 0.3) is 11.0 Å². The van der Waals surface area contributed by atoms with Crippen LogP contribution in [-0.4, -0.2) is 52.7 Å². The first-order chi connectivity index (χ1) is 13.2. The van der Waals surface area contributed by atoms with Gasteiger partial charge in [-0.25, -0.2) is 4.98 Å². The summed E-state index contributed by atoms with van der Waals surface area (Å²) in [6.45, 7) is 6.91. The first kappa shape index (κ1) is 19.1. The van der Waals surface area contributed by atoms with Crippen molar-refractivity contribution in [3.63, 3.8) is 0 Å². The van der Waals surface area contributed by atoms with E-state index in [9.17, 15) is 18.0 Å². The molecule has 1 amide bonds. The van der Waals surface area contributed by atoms with Crippen molar-refractivity contribution in [1.82, 2.24) is 14.5 Å². The molecule has 2 fully saturated rings. The summed E-state index contributed by atoms with van der Waals surface area (Å²) in [5.74, 6) is 1.14. The van der Waals surface area contributed by atoms with E-state index in [-0.39, 0.29) is 23.8 Å². The Morgan fingerprint density at radius 3 is 2.39 bits per heavy atom. The minimum atomic E-state index is -4.28. The van der Waals surface area contributed by atoms with E-state index in [1.807, 2.05) is 18.2 Å². The summed E-state index contributed by atoms with van der Waals surface area (Å²) in [6, 6.07) is 8.34.